The van der Waals surface area contributed by atoms with Crippen molar-refractivity contribution in [3.8, 4) is 0 Å². The van der Waals surface area contributed by atoms with Crippen molar-refractivity contribution in [2.24, 2.45) is 5.92 Å². The summed E-state index contributed by atoms with van der Waals surface area (Å²) >= 11 is 0. The van der Waals surface area contributed by atoms with Crippen LogP contribution in [0.1, 0.15) is 19.4 Å². The van der Waals surface area contributed by atoms with Crippen LogP contribution in [0.3, 0.4) is 0 Å². The van der Waals surface area contributed by atoms with Crippen molar-refractivity contribution in [1.82, 2.24) is 10.0 Å². The number of rotatable bonds is 9. The zero-order valence-corrected chi connectivity index (χ0v) is 13.5. The summed E-state index contributed by atoms with van der Waals surface area (Å²) in [5.74, 6) is -0.724. The second kappa shape index (κ2) is 8.43. The third kappa shape index (κ3) is 5.70. The monoisotopic (exact) mass is 318 g/mol. The van der Waals surface area contributed by atoms with Gasteiger partial charge in [-0.15, -0.1) is 0 Å². The minimum atomic E-state index is -3.84. The molecule has 0 bridgehead atoms. The highest BCUT2D eigenvalue weighted by Crippen LogP contribution is 2.16. The van der Waals surface area contributed by atoms with Gasteiger partial charge in [-0.2, -0.15) is 0 Å². The Bertz CT molecular complexity index is 549. The summed E-state index contributed by atoms with van der Waals surface area (Å²) in [5.41, 5.74) is 0.709. The van der Waals surface area contributed by atoms with Crippen LogP contribution in [0.2, 0.25) is 0 Å². The molecule has 1 unspecified atom stereocenters. The molecule has 1 aromatic rings. The third-order valence-corrected chi connectivity index (χ3v) is 4.39. The highest BCUT2D eigenvalue weighted by Gasteiger charge is 2.19. The summed E-state index contributed by atoms with van der Waals surface area (Å²) in [6.45, 7) is 5.70. The first-order valence-corrected chi connectivity index (χ1v) is 8.36. The maximum atomic E-state index is 14.0. The van der Waals surface area contributed by atoms with E-state index in [1.165, 1.54) is 12.1 Å². The molecule has 0 heterocycles. The Morgan fingerprint density at radius 2 is 2.10 bits per heavy atom. The minimum Gasteiger partial charge on any atom is -0.384 e. The maximum absolute atomic E-state index is 14.0. The number of ether oxygens (including phenoxy) is 1. The Hall–Kier alpha value is -1.02. The average molecular weight is 318 g/mol. The van der Waals surface area contributed by atoms with Gasteiger partial charge >= 0.3 is 0 Å². The molecular formula is C14H23FN2O3S. The molecule has 0 amide bonds. The van der Waals surface area contributed by atoms with Gasteiger partial charge in [-0.25, -0.2) is 17.5 Å². The fourth-order valence-corrected chi connectivity index (χ4v) is 3.04. The lowest BCUT2D eigenvalue weighted by atomic mass is 10.2. The van der Waals surface area contributed by atoms with Gasteiger partial charge in [-0.05, 0) is 30.2 Å². The molecule has 0 fully saturated rings. The van der Waals surface area contributed by atoms with Crippen LogP contribution in [0.15, 0.2) is 23.1 Å². The molecule has 7 heteroatoms. The number of nitrogens with one attached hydrogen (secondary N) is 2. The third-order valence-electron chi connectivity index (χ3n) is 2.94. The Kier molecular flexibility index (Phi) is 7.24. The summed E-state index contributed by atoms with van der Waals surface area (Å²) in [6, 6.07) is 4.15. The summed E-state index contributed by atoms with van der Waals surface area (Å²) in [7, 11) is -2.29. The number of sulfonamides is 1. The molecule has 1 rings (SSSR count). The van der Waals surface area contributed by atoms with E-state index in [4.69, 9.17) is 4.74 Å². The van der Waals surface area contributed by atoms with Gasteiger partial charge in [0.2, 0.25) is 10.0 Å². The van der Waals surface area contributed by atoms with Gasteiger partial charge in [0.05, 0.1) is 0 Å². The van der Waals surface area contributed by atoms with Gasteiger partial charge in [0.1, 0.15) is 10.7 Å². The van der Waals surface area contributed by atoms with Crippen LogP contribution >= 0.6 is 0 Å². The molecule has 0 aromatic heterocycles. The zero-order chi connectivity index (χ0) is 15.9. The van der Waals surface area contributed by atoms with Crippen LogP contribution in [-0.4, -0.2) is 35.2 Å². The number of methoxy groups -OCH3 is 1. The zero-order valence-electron chi connectivity index (χ0n) is 12.6. The van der Waals surface area contributed by atoms with Crippen molar-refractivity contribution in [2.45, 2.75) is 25.3 Å². The van der Waals surface area contributed by atoms with E-state index in [1.54, 1.807) is 13.2 Å². The Labute approximate surface area is 125 Å². The predicted octanol–water partition coefficient (Wildman–Crippen LogP) is 1.50. The van der Waals surface area contributed by atoms with Crippen molar-refractivity contribution < 1.29 is 17.5 Å². The van der Waals surface area contributed by atoms with E-state index in [9.17, 15) is 12.8 Å². The molecule has 0 saturated heterocycles. The highest BCUT2D eigenvalue weighted by atomic mass is 32.2. The fourth-order valence-electron chi connectivity index (χ4n) is 1.81. The number of benzene rings is 1. The summed E-state index contributed by atoms with van der Waals surface area (Å²) in [5, 5.41) is 3.06. The lowest BCUT2D eigenvalue weighted by molar-refractivity contribution is 0.161. The minimum absolute atomic E-state index is 0.0147. The van der Waals surface area contributed by atoms with Crippen molar-refractivity contribution in [2.75, 3.05) is 26.8 Å². The molecular weight excluding hydrogens is 295 g/mol. The van der Waals surface area contributed by atoms with Crippen LogP contribution < -0.4 is 10.0 Å². The van der Waals surface area contributed by atoms with Gasteiger partial charge in [0, 0.05) is 26.8 Å². The molecule has 2 N–H and O–H groups in total. The van der Waals surface area contributed by atoms with Gasteiger partial charge in [-0.3, -0.25) is 0 Å². The topological polar surface area (TPSA) is 67.4 Å². The molecule has 0 aliphatic rings. The first kappa shape index (κ1) is 18.0. The van der Waals surface area contributed by atoms with E-state index in [-0.39, 0.29) is 17.4 Å². The van der Waals surface area contributed by atoms with Crippen molar-refractivity contribution >= 4 is 10.0 Å². The van der Waals surface area contributed by atoms with E-state index in [1.807, 2.05) is 13.8 Å². The lowest BCUT2D eigenvalue weighted by Gasteiger charge is -2.13. The van der Waals surface area contributed by atoms with Crippen LogP contribution in [-0.2, 0) is 21.3 Å². The van der Waals surface area contributed by atoms with Gasteiger partial charge in [-0.1, -0.05) is 19.9 Å². The van der Waals surface area contributed by atoms with Gasteiger partial charge < -0.3 is 10.1 Å². The lowest BCUT2D eigenvalue weighted by Crippen LogP contribution is -2.30. The Balaban J connectivity index is 2.78. The van der Waals surface area contributed by atoms with Crippen LogP contribution in [0.5, 0.6) is 0 Å². The SMILES string of the molecule is CCNCc1ccc(S(=O)(=O)NCC(C)COC)c(F)c1. The molecule has 5 nitrogen and oxygen atoms in total. The fraction of sp³-hybridized carbons (Fsp3) is 0.571. The first-order valence-electron chi connectivity index (χ1n) is 6.88. The van der Waals surface area contributed by atoms with Crippen molar-refractivity contribution in [3.63, 3.8) is 0 Å². The van der Waals surface area contributed by atoms with Gasteiger partial charge in [0.15, 0.2) is 0 Å². The maximum Gasteiger partial charge on any atom is 0.243 e. The quantitative estimate of drug-likeness (QED) is 0.724. The van der Waals surface area contributed by atoms with Crippen LogP contribution in [0, 0.1) is 11.7 Å². The molecule has 0 aliphatic carbocycles. The summed E-state index contributed by atoms with van der Waals surface area (Å²) in [6.07, 6.45) is 0. The van der Waals surface area contributed by atoms with Crippen LogP contribution in [0.25, 0.3) is 0 Å². The Morgan fingerprint density at radius 1 is 1.38 bits per heavy atom. The normalized spacial score (nSPS) is 13.3. The molecule has 1 aromatic carbocycles. The summed E-state index contributed by atoms with van der Waals surface area (Å²) in [4.78, 5) is -0.327. The number of hydrogen-bond donors (Lipinski definition) is 2. The smallest absolute Gasteiger partial charge is 0.243 e. The standard InChI is InChI=1S/C14H23FN2O3S/c1-4-16-9-12-5-6-14(13(15)7-12)21(18,19)17-8-11(2)10-20-3/h5-7,11,16-17H,4,8-10H2,1-3H3. The molecule has 0 radical (unpaired) electrons. The second-order valence-corrected chi connectivity index (χ2v) is 6.69. The van der Waals surface area contributed by atoms with E-state index < -0.39 is 15.8 Å². The molecule has 21 heavy (non-hydrogen) atoms. The summed E-state index contributed by atoms with van der Waals surface area (Å²) < 4.78 is 45.5. The molecule has 0 aliphatic heterocycles. The van der Waals surface area contributed by atoms with E-state index in [2.05, 4.69) is 10.0 Å². The molecule has 0 saturated carbocycles. The largest absolute Gasteiger partial charge is 0.384 e. The second-order valence-electron chi connectivity index (χ2n) is 4.96. The van der Waals surface area contributed by atoms with Crippen molar-refractivity contribution in [3.05, 3.63) is 29.6 Å². The average Bonchev–Trinajstić information content (AvgIpc) is 2.43. The van der Waals surface area contributed by atoms with Crippen LogP contribution in [0.4, 0.5) is 4.39 Å². The number of halogens is 1. The predicted molar refractivity (Wildman–Crippen MR) is 80.0 cm³/mol. The van der Waals surface area contributed by atoms with E-state index in [0.717, 1.165) is 6.54 Å². The van der Waals surface area contributed by atoms with E-state index in [0.29, 0.717) is 18.7 Å². The molecule has 0 spiro atoms. The number of hydrogen-bond acceptors (Lipinski definition) is 4. The Morgan fingerprint density at radius 3 is 2.67 bits per heavy atom. The van der Waals surface area contributed by atoms with Crippen molar-refractivity contribution in [1.29, 1.82) is 0 Å². The van der Waals surface area contributed by atoms with E-state index >= 15 is 0 Å². The highest BCUT2D eigenvalue weighted by molar-refractivity contribution is 7.89. The molecule has 120 valence electrons. The first-order chi connectivity index (χ1) is 9.90. The molecule has 1 atom stereocenters. The van der Waals surface area contributed by atoms with Gasteiger partial charge in [0.25, 0.3) is 0 Å².